The molecule has 0 aliphatic heterocycles. The third kappa shape index (κ3) is 4.35. The van der Waals surface area contributed by atoms with E-state index in [-0.39, 0.29) is 19.3 Å². The molecule has 0 aliphatic rings. The lowest BCUT2D eigenvalue weighted by Crippen LogP contribution is -2.23. The summed E-state index contributed by atoms with van der Waals surface area (Å²) in [7, 11) is 1.67. The Balaban J connectivity index is 1.56. The van der Waals surface area contributed by atoms with Gasteiger partial charge in [-0.15, -0.1) is 0 Å². The van der Waals surface area contributed by atoms with E-state index in [2.05, 4.69) is 25.4 Å². The minimum absolute atomic E-state index is 0.168. The molecule has 0 aromatic carbocycles. The first-order valence-corrected chi connectivity index (χ1v) is 9.70. The van der Waals surface area contributed by atoms with Crippen LogP contribution in [0.15, 0.2) is 47.5 Å². The van der Waals surface area contributed by atoms with Crippen molar-refractivity contribution in [2.45, 2.75) is 32.1 Å². The van der Waals surface area contributed by atoms with Crippen LogP contribution >= 0.6 is 0 Å². The van der Waals surface area contributed by atoms with E-state index in [4.69, 9.17) is 4.52 Å². The summed E-state index contributed by atoms with van der Waals surface area (Å²) in [5, 5.41) is 7.57. The first-order chi connectivity index (χ1) is 14.4. The van der Waals surface area contributed by atoms with Gasteiger partial charge in [-0.25, -0.2) is 13.8 Å². The molecule has 0 saturated carbocycles. The highest BCUT2D eigenvalue weighted by molar-refractivity contribution is 5.79. The van der Waals surface area contributed by atoms with Gasteiger partial charge < -0.3 is 9.84 Å². The Hall–Kier alpha value is -3.20. The minimum Gasteiger partial charge on any atom is -0.339 e. The van der Waals surface area contributed by atoms with Crippen LogP contribution in [0.4, 0.5) is 8.78 Å². The minimum atomic E-state index is -2.69. The van der Waals surface area contributed by atoms with Gasteiger partial charge in [-0.1, -0.05) is 5.16 Å². The molecule has 0 atom stereocenters. The summed E-state index contributed by atoms with van der Waals surface area (Å²) in [6.07, 6.45) is 6.83. The monoisotopic (exact) mass is 412 g/mol. The molecule has 0 unspecified atom stereocenters. The number of halogens is 2. The predicted octanol–water partition coefficient (Wildman–Crippen LogP) is 3.96. The highest BCUT2D eigenvalue weighted by atomic mass is 19.3. The second-order valence-corrected chi connectivity index (χ2v) is 7.22. The molecule has 0 saturated heterocycles. The van der Waals surface area contributed by atoms with Gasteiger partial charge in [0.25, 0.3) is 0 Å². The maximum Gasteiger partial charge on any atom is 0.249 e. The van der Waals surface area contributed by atoms with E-state index in [1.165, 1.54) is 0 Å². The van der Waals surface area contributed by atoms with Gasteiger partial charge in [0.1, 0.15) is 5.65 Å². The lowest BCUT2D eigenvalue weighted by Gasteiger charge is -2.15. The van der Waals surface area contributed by atoms with Crippen LogP contribution < -0.4 is 5.32 Å². The van der Waals surface area contributed by atoms with Crippen molar-refractivity contribution in [3.63, 3.8) is 0 Å². The summed E-state index contributed by atoms with van der Waals surface area (Å²) < 4.78 is 34.8. The zero-order valence-corrected chi connectivity index (χ0v) is 16.8. The lowest BCUT2D eigenvalue weighted by atomic mass is 10.0. The summed E-state index contributed by atoms with van der Waals surface area (Å²) in [6.45, 7) is 2.02. The number of pyridine rings is 2. The van der Waals surface area contributed by atoms with Crippen LogP contribution in [0.1, 0.15) is 24.3 Å². The Kier molecular flexibility index (Phi) is 5.54. The fourth-order valence-corrected chi connectivity index (χ4v) is 3.27. The number of hydrogen-bond acceptors (Lipinski definition) is 6. The van der Waals surface area contributed by atoms with Gasteiger partial charge in [0.15, 0.2) is 0 Å². The Bertz CT molecular complexity index is 1150. The Morgan fingerprint density at radius 2 is 2.03 bits per heavy atom. The fraction of sp³-hybridized carbons (Fsp3) is 0.333. The Labute approximate surface area is 172 Å². The second-order valence-electron chi connectivity index (χ2n) is 7.22. The molecule has 0 spiro atoms. The van der Waals surface area contributed by atoms with Crippen molar-refractivity contribution < 1.29 is 13.3 Å². The molecule has 4 aromatic rings. The topological polar surface area (TPSA) is 81.7 Å². The van der Waals surface area contributed by atoms with E-state index >= 15 is 0 Å². The van der Waals surface area contributed by atoms with Crippen molar-refractivity contribution in [3.05, 3.63) is 54.4 Å². The SMILES string of the molecule is CNCCC(F)(F)CCc1cnc2c(ccn2-c2cncc(-c3noc(C)n3)c2)c1. The van der Waals surface area contributed by atoms with Crippen LogP contribution in [0, 0.1) is 6.92 Å². The maximum atomic E-state index is 13.9. The molecule has 0 fully saturated rings. The standard InChI is InChI=1S/C21H22F2N6O/c1-14-27-19(28-30-14)17-10-18(13-25-12-17)29-8-4-16-9-15(11-26-20(16)29)3-5-21(22,23)6-7-24-2/h4,8-13,24H,3,5-7H2,1-2H3. The van der Waals surface area contributed by atoms with Crippen LogP contribution in [0.3, 0.4) is 0 Å². The van der Waals surface area contributed by atoms with Crippen molar-refractivity contribution in [3.8, 4) is 17.1 Å². The van der Waals surface area contributed by atoms with Gasteiger partial charge in [-0.05, 0) is 37.2 Å². The first-order valence-electron chi connectivity index (χ1n) is 9.70. The molecule has 7 nitrogen and oxygen atoms in total. The van der Waals surface area contributed by atoms with Gasteiger partial charge >= 0.3 is 0 Å². The third-order valence-electron chi connectivity index (χ3n) is 4.89. The number of aromatic nitrogens is 5. The van der Waals surface area contributed by atoms with Crippen LogP contribution in [0.2, 0.25) is 0 Å². The van der Waals surface area contributed by atoms with Crippen LogP contribution in [0.25, 0.3) is 28.1 Å². The number of nitrogens with zero attached hydrogens (tertiary/aromatic N) is 5. The summed E-state index contributed by atoms with van der Waals surface area (Å²) in [4.78, 5) is 13.0. The molecule has 9 heteroatoms. The first kappa shape index (κ1) is 20.1. The van der Waals surface area contributed by atoms with Gasteiger partial charge in [0.05, 0.1) is 11.9 Å². The third-order valence-corrected chi connectivity index (χ3v) is 4.89. The molecule has 0 radical (unpaired) electrons. The van der Waals surface area contributed by atoms with Gasteiger partial charge in [-0.2, -0.15) is 4.98 Å². The molecular weight excluding hydrogens is 390 g/mol. The molecule has 0 amide bonds. The molecule has 156 valence electrons. The van der Waals surface area contributed by atoms with Crippen molar-refractivity contribution in [1.29, 1.82) is 0 Å². The molecular formula is C21H22F2N6O. The number of fused-ring (bicyclic) bond motifs is 1. The van der Waals surface area contributed by atoms with Crippen LogP contribution in [-0.4, -0.2) is 44.2 Å². The van der Waals surface area contributed by atoms with Crippen molar-refractivity contribution in [2.75, 3.05) is 13.6 Å². The number of hydrogen-bond donors (Lipinski definition) is 1. The van der Waals surface area contributed by atoms with Gasteiger partial charge in [0, 0.05) is 55.9 Å². The van der Waals surface area contributed by atoms with E-state index in [9.17, 15) is 8.78 Å². The normalized spacial score (nSPS) is 12.0. The lowest BCUT2D eigenvalue weighted by molar-refractivity contribution is -0.0148. The maximum absolute atomic E-state index is 13.9. The molecule has 1 N–H and O–H groups in total. The highest BCUT2D eigenvalue weighted by Gasteiger charge is 2.27. The number of alkyl halides is 2. The molecule has 0 bridgehead atoms. The Morgan fingerprint density at radius 1 is 1.17 bits per heavy atom. The van der Waals surface area contributed by atoms with Crippen molar-refractivity contribution in [1.82, 2.24) is 30.0 Å². The summed E-state index contributed by atoms with van der Waals surface area (Å²) in [6, 6.07) is 5.72. The van der Waals surface area contributed by atoms with E-state index in [0.717, 1.165) is 27.8 Å². The van der Waals surface area contributed by atoms with Crippen LogP contribution in [-0.2, 0) is 6.42 Å². The van der Waals surface area contributed by atoms with Crippen LogP contribution in [0.5, 0.6) is 0 Å². The number of rotatable bonds is 8. The van der Waals surface area contributed by atoms with Crippen molar-refractivity contribution >= 4 is 11.0 Å². The molecule has 0 aliphatic carbocycles. The van der Waals surface area contributed by atoms with E-state index in [0.29, 0.717) is 18.3 Å². The second kappa shape index (κ2) is 8.27. The quantitative estimate of drug-likeness (QED) is 0.472. The molecule has 4 aromatic heterocycles. The van der Waals surface area contributed by atoms with Crippen molar-refractivity contribution in [2.24, 2.45) is 0 Å². The average molecular weight is 412 g/mol. The summed E-state index contributed by atoms with van der Waals surface area (Å²) in [5.74, 6) is -1.75. The number of nitrogens with one attached hydrogen (secondary N) is 1. The summed E-state index contributed by atoms with van der Waals surface area (Å²) in [5.41, 5.74) is 3.04. The highest BCUT2D eigenvalue weighted by Crippen LogP contribution is 2.26. The predicted molar refractivity (Wildman–Crippen MR) is 109 cm³/mol. The van der Waals surface area contributed by atoms with E-state index in [1.807, 2.05) is 29.0 Å². The van der Waals surface area contributed by atoms with Gasteiger partial charge in [0.2, 0.25) is 17.6 Å². The summed E-state index contributed by atoms with van der Waals surface area (Å²) >= 11 is 0. The van der Waals surface area contributed by atoms with E-state index < -0.39 is 5.92 Å². The molecule has 4 rings (SSSR count). The smallest absolute Gasteiger partial charge is 0.249 e. The van der Waals surface area contributed by atoms with Gasteiger partial charge in [-0.3, -0.25) is 9.55 Å². The average Bonchev–Trinajstić information content (AvgIpc) is 3.37. The number of aryl methyl sites for hydroxylation is 2. The molecule has 30 heavy (non-hydrogen) atoms. The fourth-order valence-electron chi connectivity index (χ4n) is 3.27. The zero-order valence-electron chi connectivity index (χ0n) is 16.8. The Morgan fingerprint density at radius 3 is 2.80 bits per heavy atom. The zero-order chi connectivity index (χ0) is 21.1. The molecule has 4 heterocycles. The largest absolute Gasteiger partial charge is 0.339 e. The van der Waals surface area contributed by atoms with E-state index in [1.54, 1.807) is 32.6 Å².